The van der Waals surface area contributed by atoms with E-state index in [1.54, 1.807) is 12.1 Å². The molecule has 20 heavy (non-hydrogen) atoms. The van der Waals surface area contributed by atoms with E-state index in [1.165, 1.54) is 12.1 Å². The lowest BCUT2D eigenvalue weighted by molar-refractivity contribution is -0.384. The Balaban J connectivity index is 3.10. The monoisotopic (exact) mass is 301 g/mol. The van der Waals surface area contributed by atoms with Crippen molar-refractivity contribution in [3.63, 3.8) is 0 Å². The Morgan fingerprint density at radius 3 is 1.65 bits per heavy atom. The standard InChI is InChI=1S/C12H22N4O3P/c1-13(2)20(14(3)4,15(5)6)19-12-9-7-11(8-10-12)16(17)18/h7-10H,1-6H3/q+1. The molecule has 0 saturated heterocycles. The zero-order valence-electron chi connectivity index (χ0n) is 12.8. The molecule has 1 aromatic carbocycles. The number of nitro benzene ring substituents is 1. The van der Waals surface area contributed by atoms with E-state index in [9.17, 15) is 10.1 Å². The second kappa shape index (κ2) is 6.45. The fraction of sp³-hybridized carbons (Fsp3) is 0.500. The maximum atomic E-state index is 10.7. The van der Waals surface area contributed by atoms with Gasteiger partial charge in [0.1, 0.15) is 0 Å². The highest BCUT2D eigenvalue weighted by molar-refractivity contribution is 7.64. The van der Waals surface area contributed by atoms with Crippen LogP contribution in [0.15, 0.2) is 24.3 Å². The van der Waals surface area contributed by atoms with Crippen LogP contribution in [0.2, 0.25) is 0 Å². The molecule has 0 radical (unpaired) electrons. The van der Waals surface area contributed by atoms with Crippen LogP contribution in [0, 0.1) is 10.1 Å². The molecule has 0 fully saturated rings. The molecule has 0 heterocycles. The average Bonchev–Trinajstić information content (AvgIpc) is 2.35. The lowest BCUT2D eigenvalue weighted by Gasteiger charge is -2.36. The first-order chi connectivity index (χ1) is 9.21. The molecule has 0 amide bonds. The summed E-state index contributed by atoms with van der Waals surface area (Å²) in [4.78, 5) is 10.2. The van der Waals surface area contributed by atoms with E-state index in [-0.39, 0.29) is 5.69 Å². The van der Waals surface area contributed by atoms with Gasteiger partial charge in [0.05, 0.1) is 4.92 Å². The van der Waals surface area contributed by atoms with Gasteiger partial charge in [0.2, 0.25) is 0 Å². The van der Waals surface area contributed by atoms with Crippen LogP contribution < -0.4 is 4.52 Å². The van der Waals surface area contributed by atoms with E-state index in [2.05, 4.69) is 0 Å². The minimum atomic E-state index is -2.14. The first-order valence-corrected chi connectivity index (χ1v) is 7.65. The highest BCUT2D eigenvalue weighted by Gasteiger charge is 2.52. The summed E-state index contributed by atoms with van der Waals surface area (Å²) in [5, 5.41) is 10.7. The van der Waals surface area contributed by atoms with Crippen molar-refractivity contribution in [1.82, 2.24) is 14.0 Å². The molecule has 1 aromatic rings. The van der Waals surface area contributed by atoms with Crippen LogP contribution >= 0.6 is 7.94 Å². The summed E-state index contributed by atoms with van der Waals surface area (Å²) in [6.45, 7) is 0. The Labute approximate surface area is 120 Å². The molecule has 0 aliphatic rings. The molecular formula is C12H22N4O3P+. The lowest BCUT2D eigenvalue weighted by Crippen LogP contribution is -2.39. The van der Waals surface area contributed by atoms with Gasteiger partial charge in [-0.1, -0.05) is 0 Å². The van der Waals surface area contributed by atoms with Crippen molar-refractivity contribution >= 4 is 13.6 Å². The van der Waals surface area contributed by atoms with Crippen LogP contribution in [-0.2, 0) is 0 Å². The van der Waals surface area contributed by atoms with E-state index in [4.69, 9.17) is 4.52 Å². The minimum Gasteiger partial charge on any atom is -0.292 e. The van der Waals surface area contributed by atoms with Crippen LogP contribution in [0.25, 0.3) is 0 Å². The van der Waals surface area contributed by atoms with E-state index < -0.39 is 12.9 Å². The van der Waals surface area contributed by atoms with Crippen molar-refractivity contribution in [2.45, 2.75) is 0 Å². The summed E-state index contributed by atoms with van der Waals surface area (Å²) < 4.78 is 12.3. The van der Waals surface area contributed by atoms with Crippen LogP contribution in [0.3, 0.4) is 0 Å². The van der Waals surface area contributed by atoms with Crippen LogP contribution in [0.1, 0.15) is 0 Å². The molecule has 0 saturated carbocycles. The zero-order chi connectivity index (χ0) is 15.5. The Kier molecular flexibility index (Phi) is 5.42. The van der Waals surface area contributed by atoms with Crippen LogP contribution in [-0.4, -0.2) is 61.2 Å². The first-order valence-electron chi connectivity index (χ1n) is 6.08. The molecule has 0 N–H and O–H groups in total. The molecule has 112 valence electrons. The summed E-state index contributed by atoms with van der Waals surface area (Å²) >= 11 is 0. The summed E-state index contributed by atoms with van der Waals surface area (Å²) in [5.41, 5.74) is 0.0563. The quantitative estimate of drug-likeness (QED) is 0.456. The number of non-ortho nitro benzene ring substituents is 1. The number of hydrogen-bond donors (Lipinski definition) is 0. The van der Waals surface area contributed by atoms with Crippen molar-refractivity contribution in [3.8, 4) is 5.75 Å². The van der Waals surface area contributed by atoms with Gasteiger partial charge in [0, 0.05) is 54.4 Å². The summed E-state index contributed by atoms with van der Waals surface area (Å²) in [6, 6.07) is 6.16. The molecule has 0 aliphatic heterocycles. The Morgan fingerprint density at radius 2 is 1.35 bits per heavy atom. The van der Waals surface area contributed by atoms with Gasteiger partial charge in [-0.05, 0) is 12.1 Å². The molecule has 0 unspecified atom stereocenters. The van der Waals surface area contributed by atoms with E-state index in [0.29, 0.717) is 5.75 Å². The SMILES string of the molecule is CN(C)[P+](Oc1ccc([N+](=O)[O-])cc1)(N(C)C)N(C)C. The van der Waals surface area contributed by atoms with Gasteiger partial charge in [-0.2, -0.15) is 0 Å². The Morgan fingerprint density at radius 1 is 0.950 bits per heavy atom. The van der Waals surface area contributed by atoms with Crippen molar-refractivity contribution in [1.29, 1.82) is 0 Å². The molecule has 0 spiro atoms. The predicted octanol–water partition coefficient (Wildman–Crippen LogP) is 2.34. The maximum absolute atomic E-state index is 10.7. The fourth-order valence-electron chi connectivity index (χ4n) is 2.09. The molecular weight excluding hydrogens is 279 g/mol. The number of benzene rings is 1. The van der Waals surface area contributed by atoms with Crippen molar-refractivity contribution in [2.75, 3.05) is 42.3 Å². The van der Waals surface area contributed by atoms with Crippen molar-refractivity contribution in [3.05, 3.63) is 34.4 Å². The normalized spacial score (nSPS) is 12.2. The minimum absolute atomic E-state index is 0.0563. The third-order valence-corrected chi connectivity index (χ3v) is 6.42. The van der Waals surface area contributed by atoms with Gasteiger partial charge < -0.3 is 0 Å². The molecule has 0 bridgehead atoms. The van der Waals surface area contributed by atoms with Gasteiger partial charge in [0.15, 0.2) is 5.75 Å². The summed E-state index contributed by atoms with van der Waals surface area (Å²) in [5.74, 6) is 0.611. The van der Waals surface area contributed by atoms with Crippen LogP contribution in [0.4, 0.5) is 5.69 Å². The second-order valence-corrected chi connectivity index (χ2v) is 8.51. The molecule has 7 nitrogen and oxygen atoms in total. The predicted molar refractivity (Wildman–Crippen MR) is 81.7 cm³/mol. The molecule has 0 aromatic heterocycles. The third-order valence-electron chi connectivity index (χ3n) is 2.84. The third kappa shape index (κ3) is 3.24. The highest BCUT2D eigenvalue weighted by atomic mass is 31.2. The maximum Gasteiger partial charge on any atom is 0.416 e. The summed E-state index contributed by atoms with van der Waals surface area (Å²) in [7, 11) is 9.60. The number of nitro groups is 1. The smallest absolute Gasteiger partial charge is 0.292 e. The Hall–Kier alpha value is -1.27. The Bertz CT molecular complexity index is 441. The van der Waals surface area contributed by atoms with Crippen LogP contribution in [0.5, 0.6) is 5.75 Å². The fourth-order valence-corrected chi connectivity index (χ4v) is 5.13. The first kappa shape index (κ1) is 16.8. The summed E-state index contributed by atoms with van der Waals surface area (Å²) in [6.07, 6.45) is 0. The molecule has 8 heteroatoms. The molecule has 0 atom stereocenters. The largest absolute Gasteiger partial charge is 0.416 e. The topological polar surface area (TPSA) is 62.1 Å². The van der Waals surface area contributed by atoms with E-state index >= 15 is 0 Å². The second-order valence-electron chi connectivity index (χ2n) is 4.90. The van der Waals surface area contributed by atoms with E-state index in [1.807, 2.05) is 56.3 Å². The van der Waals surface area contributed by atoms with Gasteiger partial charge in [-0.15, -0.1) is 14.0 Å². The van der Waals surface area contributed by atoms with Gasteiger partial charge in [-0.25, -0.2) is 0 Å². The van der Waals surface area contributed by atoms with E-state index in [0.717, 1.165) is 0 Å². The van der Waals surface area contributed by atoms with Gasteiger partial charge in [-0.3, -0.25) is 14.6 Å². The van der Waals surface area contributed by atoms with Gasteiger partial charge >= 0.3 is 7.94 Å². The zero-order valence-corrected chi connectivity index (χ0v) is 13.7. The number of nitrogens with zero attached hydrogens (tertiary/aromatic N) is 4. The van der Waals surface area contributed by atoms with Crippen molar-refractivity contribution in [2.24, 2.45) is 0 Å². The molecule has 1 rings (SSSR count). The number of hydrogen-bond acceptors (Lipinski definition) is 6. The van der Waals surface area contributed by atoms with Gasteiger partial charge in [0.25, 0.3) is 5.69 Å². The molecule has 0 aliphatic carbocycles. The highest BCUT2D eigenvalue weighted by Crippen LogP contribution is 2.63. The lowest BCUT2D eigenvalue weighted by atomic mass is 10.3. The number of rotatable bonds is 6. The average molecular weight is 301 g/mol. The van der Waals surface area contributed by atoms with Crippen molar-refractivity contribution < 1.29 is 9.45 Å².